The van der Waals surface area contributed by atoms with E-state index in [0.717, 1.165) is 9.97 Å². The van der Waals surface area contributed by atoms with Crippen LogP contribution >= 0.6 is 23.1 Å². The van der Waals surface area contributed by atoms with E-state index in [1.165, 1.54) is 11.3 Å². The molecular weight excluding hydrogens is 464 g/mol. The second-order valence-electron chi connectivity index (χ2n) is 8.11. The van der Waals surface area contributed by atoms with Gasteiger partial charge >= 0.3 is 0 Å². The molecule has 0 atom stereocenters. The molecule has 33 heavy (non-hydrogen) atoms. The number of hydrogen-bond acceptors (Lipinski definition) is 9. The maximum absolute atomic E-state index is 12.5. The molecule has 0 saturated heterocycles. The molecule has 9 nitrogen and oxygen atoms in total. The van der Waals surface area contributed by atoms with Gasteiger partial charge in [0.1, 0.15) is 11.5 Å². The Kier molecular flexibility index (Phi) is 8.48. The Bertz CT molecular complexity index is 1070. The standard InChI is InChI=1S/C22H26N4O5S2/c1-22(2,3)16-11-23-18(31-16)13-32-19-12-24-21(33-19)25-20(28)14-6-8-15(9-7-14)30-10-4-5-17(27)26-29/h6-9,11-12,29H,4-5,10,13H2,1-3H3,(H,26,27)(H,24,25,28). The van der Waals surface area contributed by atoms with E-state index < -0.39 is 5.91 Å². The van der Waals surface area contributed by atoms with Gasteiger partial charge in [-0.25, -0.2) is 15.4 Å². The first-order valence-electron chi connectivity index (χ1n) is 10.3. The Balaban J connectivity index is 1.46. The summed E-state index contributed by atoms with van der Waals surface area (Å²) >= 11 is 2.93. The number of anilines is 1. The van der Waals surface area contributed by atoms with Gasteiger partial charge in [-0.05, 0) is 30.7 Å². The molecule has 2 heterocycles. The van der Waals surface area contributed by atoms with Crippen molar-refractivity contribution in [2.75, 3.05) is 11.9 Å². The SMILES string of the molecule is CC(C)(C)c1cnc(CSc2cnc(NC(=O)c3ccc(OCCCC(=O)NO)cc3)s2)o1. The lowest BCUT2D eigenvalue weighted by atomic mass is 9.94. The zero-order valence-electron chi connectivity index (χ0n) is 18.6. The normalized spacial score (nSPS) is 11.3. The molecule has 2 amide bonds. The van der Waals surface area contributed by atoms with Crippen molar-refractivity contribution < 1.29 is 24.0 Å². The van der Waals surface area contributed by atoms with Crippen LogP contribution in [0.25, 0.3) is 0 Å². The third-order valence-electron chi connectivity index (χ3n) is 4.39. The maximum atomic E-state index is 12.5. The van der Waals surface area contributed by atoms with Crippen LogP contribution in [0, 0.1) is 0 Å². The van der Waals surface area contributed by atoms with Crippen molar-refractivity contribution in [3.8, 4) is 5.75 Å². The van der Waals surface area contributed by atoms with Gasteiger partial charge in [0, 0.05) is 17.4 Å². The highest BCUT2D eigenvalue weighted by atomic mass is 32.2. The predicted octanol–water partition coefficient (Wildman–Crippen LogP) is 4.64. The average molecular weight is 491 g/mol. The lowest BCUT2D eigenvalue weighted by Gasteiger charge is -2.12. The topological polar surface area (TPSA) is 127 Å². The number of nitrogens with one attached hydrogen (secondary N) is 2. The van der Waals surface area contributed by atoms with Gasteiger partial charge in [-0.1, -0.05) is 32.1 Å². The zero-order valence-corrected chi connectivity index (χ0v) is 20.2. The highest BCUT2D eigenvalue weighted by molar-refractivity contribution is 8.00. The molecule has 2 aromatic heterocycles. The van der Waals surface area contributed by atoms with Gasteiger partial charge < -0.3 is 9.15 Å². The van der Waals surface area contributed by atoms with Crippen LogP contribution in [0.2, 0.25) is 0 Å². The van der Waals surface area contributed by atoms with Gasteiger partial charge in [0.15, 0.2) is 5.13 Å². The van der Waals surface area contributed by atoms with Crippen LogP contribution in [-0.2, 0) is 16.0 Å². The molecule has 0 fully saturated rings. The maximum Gasteiger partial charge on any atom is 0.257 e. The van der Waals surface area contributed by atoms with Gasteiger partial charge in [-0.3, -0.25) is 20.1 Å². The second-order valence-corrected chi connectivity index (χ2v) is 10.4. The average Bonchev–Trinajstić information content (AvgIpc) is 3.45. The van der Waals surface area contributed by atoms with Crippen LogP contribution in [0.5, 0.6) is 5.75 Å². The van der Waals surface area contributed by atoms with Gasteiger partial charge in [-0.2, -0.15) is 0 Å². The highest BCUT2D eigenvalue weighted by Gasteiger charge is 2.19. The summed E-state index contributed by atoms with van der Waals surface area (Å²) in [6, 6.07) is 6.69. The van der Waals surface area contributed by atoms with E-state index in [9.17, 15) is 9.59 Å². The summed E-state index contributed by atoms with van der Waals surface area (Å²) in [6.45, 7) is 6.55. The molecule has 3 aromatic rings. The van der Waals surface area contributed by atoms with E-state index in [4.69, 9.17) is 14.4 Å². The number of carbonyl (C=O) groups is 2. The van der Waals surface area contributed by atoms with E-state index in [2.05, 4.69) is 36.1 Å². The molecule has 176 valence electrons. The summed E-state index contributed by atoms with van der Waals surface area (Å²) in [5, 5.41) is 11.8. The Morgan fingerprint density at radius 3 is 2.61 bits per heavy atom. The first kappa shape index (κ1) is 24.7. The van der Waals surface area contributed by atoms with Crippen LogP contribution in [-0.4, -0.2) is 33.6 Å². The fourth-order valence-corrected chi connectivity index (χ4v) is 4.31. The van der Waals surface area contributed by atoms with E-state index >= 15 is 0 Å². The number of amides is 2. The predicted molar refractivity (Wildman–Crippen MR) is 126 cm³/mol. The number of thioether (sulfide) groups is 1. The third-order valence-corrected chi connectivity index (χ3v) is 6.49. The minimum Gasteiger partial charge on any atom is -0.494 e. The lowest BCUT2D eigenvalue weighted by Crippen LogP contribution is -2.18. The number of hydroxylamine groups is 1. The van der Waals surface area contributed by atoms with Crippen molar-refractivity contribution >= 4 is 40.0 Å². The molecule has 0 saturated carbocycles. The minimum atomic E-state index is -0.457. The number of nitrogens with zero attached hydrogens (tertiary/aromatic N) is 2. The van der Waals surface area contributed by atoms with E-state index in [0.29, 0.717) is 41.1 Å². The first-order chi connectivity index (χ1) is 15.7. The summed E-state index contributed by atoms with van der Waals surface area (Å²) in [6.07, 6.45) is 4.11. The number of thiazole rings is 1. The molecule has 0 unspecified atom stereocenters. The van der Waals surface area contributed by atoms with Crippen molar-refractivity contribution in [2.24, 2.45) is 0 Å². The number of carbonyl (C=O) groups excluding carboxylic acids is 2. The number of benzene rings is 1. The number of rotatable bonds is 10. The molecule has 0 aliphatic carbocycles. The van der Waals surface area contributed by atoms with Crippen LogP contribution in [0.15, 0.2) is 45.3 Å². The first-order valence-corrected chi connectivity index (χ1v) is 12.1. The lowest BCUT2D eigenvalue weighted by molar-refractivity contribution is -0.129. The third kappa shape index (κ3) is 7.58. The number of ether oxygens (including phenoxy) is 1. The summed E-state index contributed by atoms with van der Waals surface area (Å²) in [4.78, 5) is 32.0. The summed E-state index contributed by atoms with van der Waals surface area (Å²) in [5.41, 5.74) is 1.96. The van der Waals surface area contributed by atoms with Gasteiger partial charge in [0.2, 0.25) is 11.8 Å². The molecule has 1 aromatic carbocycles. The number of hydrogen-bond donors (Lipinski definition) is 3. The smallest absolute Gasteiger partial charge is 0.257 e. The number of aromatic nitrogens is 2. The van der Waals surface area contributed by atoms with Gasteiger partial charge in [0.05, 0.1) is 29.0 Å². The largest absolute Gasteiger partial charge is 0.494 e. The van der Waals surface area contributed by atoms with Crippen LogP contribution in [0.3, 0.4) is 0 Å². The van der Waals surface area contributed by atoms with Crippen molar-refractivity contribution in [3.63, 3.8) is 0 Å². The molecule has 0 spiro atoms. The molecule has 0 aliphatic heterocycles. The Hall–Kier alpha value is -2.89. The van der Waals surface area contributed by atoms with Crippen LogP contribution < -0.4 is 15.5 Å². The van der Waals surface area contributed by atoms with Crippen molar-refractivity contribution in [2.45, 2.75) is 49.0 Å². The highest BCUT2D eigenvalue weighted by Crippen LogP contribution is 2.32. The minimum absolute atomic E-state index is 0.0827. The van der Waals surface area contributed by atoms with Crippen molar-refractivity contribution in [1.29, 1.82) is 0 Å². The van der Waals surface area contributed by atoms with Crippen molar-refractivity contribution in [1.82, 2.24) is 15.4 Å². The Morgan fingerprint density at radius 1 is 1.18 bits per heavy atom. The van der Waals surface area contributed by atoms with E-state index in [1.807, 2.05) is 0 Å². The quantitative estimate of drug-likeness (QED) is 0.162. The molecule has 11 heteroatoms. The van der Waals surface area contributed by atoms with Crippen LogP contribution in [0.1, 0.15) is 55.6 Å². The van der Waals surface area contributed by atoms with Gasteiger partial charge in [0.25, 0.3) is 5.91 Å². The number of oxazole rings is 1. The van der Waals surface area contributed by atoms with Crippen LogP contribution in [0.4, 0.5) is 5.13 Å². The fraction of sp³-hybridized carbons (Fsp3) is 0.364. The molecule has 0 bridgehead atoms. The second kappa shape index (κ2) is 11.3. The summed E-state index contributed by atoms with van der Waals surface area (Å²) in [5.74, 6) is 1.95. The van der Waals surface area contributed by atoms with Crippen molar-refractivity contribution in [3.05, 3.63) is 53.9 Å². The molecule has 0 aliphatic rings. The van der Waals surface area contributed by atoms with E-state index in [1.54, 1.807) is 53.9 Å². The molecule has 3 N–H and O–H groups in total. The Morgan fingerprint density at radius 2 is 1.94 bits per heavy atom. The van der Waals surface area contributed by atoms with E-state index in [-0.39, 0.29) is 17.7 Å². The molecule has 3 rings (SSSR count). The molecule has 0 radical (unpaired) electrons. The summed E-state index contributed by atoms with van der Waals surface area (Å²) in [7, 11) is 0. The van der Waals surface area contributed by atoms with Gasteiger partial charge in [-0.15, -0.1) is 11.8 Å². The fourth-order valence-electron chi connectivity index (χ4n) is 2.59. The molecular formula is C22H26N4O5S2. The Labute approximate surface area is 199 Å². The monoisotopic (exact) mass is 490 g/mol. The summed E-state index contributed by atoms with van der Waals surface area (Å²) < 4.78 is 12.3. The zero-order chi connectivity index (χ0) is 23.8.